The Morgan fingerprint density at radius 1 is 1.40 bits per heavy atom. The Hall–Kier alpha value is -0.830. The minimum atomic E-state index is 0.219. The smallest absolute Gasteiger partial charge is 0.155 e. The molecule has 0 aliphatic heterocycles. The summed E-state index contributed by atoms with van der Waals surface area (Å²) in [4.78, 5) is 10.9. The Morgan fingerprint density at radius 3 is 2.33 bits per heavy atom. The zero-order chi connectivity index (χ0) is 11.6. The molecule has 3 nitrogen and oxygen atoms in total. The minimum Gasteiger partial charge on any atom is -0.298 e. The highest BCUT2D eigenvalue weighted by atomic mass is 35.5. The first kappa shape index (κ1) is 12.2. The molecule has 0 spiro atoms. The normalized spacial score (nSPS) is 11.4. The van der Waals surface area contributed by atoms with Gasteiger partial charge in [0.25, 0.3) is 0 Å². The summed E-state index contributed by atoms with van der Waals surface area (Å²) in [5, 5.41) is 4.83. The lowest BCUT2D eigenvalue weighted by Gasteiger charge is -2.05. The van der Waals surface area contributed by atoms with Crippen LogP contribution in [0.2, 0.25) is 5.15 Å². The van der Waals surface area contributed by atoms with Crippen LogP contribution >= 0.6 is 11.6 Å². The van der Waals surface area contributed by atoms with E-state index in [1.807, 2.05) is 13.8 Å². The Bertz CT molecular complexity index is 356. The predicted octanol–water partition coefficient (Wildman–Crippen LogP) is 3.13. The first-order valence-corrected chi connectivity index (χ1v) is 5.56. The molecule has 0 aliphatic carbocycles. The number of aromatic nitrogens is 2. The number of carbonyl (C=O) groups is 1. The third-order valence-corrected chi connectivity index (χ3v) is 2.55. The van der Waals surface area contributed by atoms with E-state index in [-0.39, 0.29) is 5.92 Å². The summed E-state index contributed by atoms with van der Waals surface area (Å²) in [6.45, 7) is 8.93. The predicted molar refractivity (Wildman–Crippen MR) is 61.6 cm³/mol. The molecule has 1 heterocycles. The van der Waals surface area contributed by atoms with Crippen molar-refractivity contribution in [3.8, 4) is 0 Å². The number of nitrogens with zero attached hydrogens (tertiary/aromatic N) is 2. The maximum atomic E-state index is 10.9. The zero-order valence-electron chi connectivity index (χ0n) is 9.62. The molecule has 0 amide bonds. The van der Waals surface area contributed by atoms with Gasteiger partial charge in [0.05, 0.1) is 11.3 Å². The molecule has 0 fully saturated rings. The highest BCUT2D eigenvalue weighted by molar-refractivity contribution is 6.32. The van der Waals surface area contributed by atoms with Crippen LogP contribution in [-0.2, 0) is 6.54 Å². The lowest BCUT2D eigenvalue weighted by molar-refractivity contribution is 0.112. The van der Waals surface area contributed by atoms with E-state index in [1.54, 1.807) is 4.68 Å². The van der Waals surface area contributed by atoms with Gasteiger partial charge in [-0.15, -0.1) is 0 Å². The molecule has 4 heteroatoms. The first-order valence-electron chi connectivity index (χ1n) is 5.18. The first-order chi connectivity index (χ1) is 6.97. The Morgan fingerprint density at radius 2 is 2.00 bits per heavy atom. The molecule has 1 aromatic rings. The van der Waals surface area contributed by atoms with Gasteiger partial charge >= 0.3 is 0 Å². The van der Waals surface area contributed by atoms with Crippen LogP contribution in [0.5, 0.6) is 0 Å². The quantitative estimate of drug-likeness (QED) is 0.743. The monoisotopic (exact) mass is 228 g/mol. The molecule has 0 aromatic carbocycles. The second-order valence-electron chi connectivity index (χ2n) is 4.44. The lowest BCUT2D eigenvalue weighted by Crippen LogP contribution is -2.06. The topological polar surface area (TPSA) is 34.9 Å². The van der Waals surface area contributed by atoms with Gasteiger partial charge in [0, 0.05) is 6.54 Å². The summed E-state index contributed by atoms with van der Waals surface area (Å²) < 4.78 is 1.71. The number of hydrogen-bond donors (Lipinski definition) is 0. The van der Waals surface area contributed by atoms with Crippen LogP contribution in [0.3, 0.4) is 0 Å². The van der Waals surface area contributed by atoms with E-state index in [2.05, 4.69) is 18.9 Å². The number of rotatable bonds is 4. The summed E-state index contributed by atoms with van der Waals surface area (Å²) >= 11 is 6.09. The van der Waals surface area contributed by atoms with Crippen LogP contribution in [0.1, 0.15) is 49.7 Å². The highest BCUT2D eigenvalue weighted by Gasteiger charge is 2.18. The number of hydrogen-bond acceptors (Lipinski definition) is 2. The SMILES string of the molecule is CC(C)Cn1nc(C(C)C)c(C=O)c1Cl. The summed E-state index contributed by atoms with van der Waals surface area (Å²) in [5.74, 6) is 0.679. The van der Waals surface area contributed by atoms with Gasteiger partial charge in [-0.1, -0.05) is 39.3 Å². The molecule has 84 valence electrons. The van der Waals surface area contributed by atoms with Gasteiger partial charge in [-0.2, -0.15) is 5.10 Å². The van der Waals surface area contributed by atoms with Gasteiger partial charge < -0.3 is 0 Å². The van der Waals surface area contributed by atoms with Gasteiger partial charge in [0.2, 0.25) is 0 Å². The van der Waals surface area contributed by atoms with Crippen LogP contribution < -0.4 is 0 Å². The fourth-order valence-corrected chi connectivity index (χ4v) is 1.72. The summed E-state index contributed by atoms with van der Waals surface area (Å²) in [6.07, 6.45) is 0.793. The van der Waals surface area contributed by atoms with Crippen molar-refractivity contribution in [1.82, 2.24) is 9.78 Å². The van der Waals surface area contributed by atoms with Crippen LogP contribution in [-0.4, -0.2) is 16.1 Å². The van der Waals surface area contributed by atoms with E-state index in [0.29, 0.717) is 16.6 Å². The zero-order valence-corrected chi connectivity index (χ0v) is 10.4. The molecule has 0 radical (unpaired) electrons. The van der Waals surface area contributed by atoms with Crippen LogP contribution in [0.25, 0.3) is 0 Å². The molecule has 0 unspecified atom stereocenters. The second-order valence-corrected chi connectivity index (χ2v) is 4.80. The van der Waals surface area contributed by atoms with Gasteiger partial charge in [0.15, 0.2) is 6.29 Å². The average Bonchev–Trinajstić information content (AvgIpc) is 2.43. The molecule has 15 heavy (non-hydrogen) atoms. The van der Waals surface area contributed by atoms with Crippen molar-refractivity contribution < 1.29 is 4.79 Å². The van der Waals surface area contributed by atoms with Crippen molar-refractivity contribution in [3.63, 3.8) is 0 Å². The molecule has 0 saturated carbocycles. The van der Waals surface area contributed by atoms with Crippen molar-refractivity contribution in [2.45, 2.75) is 40.2 Å². The standard InChI is InChI=1S/C11H17ClN2O/c1-7(2)5-14-11(12)9(6-15)10(13-14)8(3)4/h6-8H,5H2,1-4H3. The van der Waals surface area contributed by atoms with Gasteiger partial charge in [0.1, 0.15) is 5.15 Å². The van der Waals surface area contributed by atoms with E-state index in [4.69, 9.17) is 11.6 Å². The van der Waals surface area contributed by atoms with Crippen LogP contribution in [0.4, 0.5) is 0 Å². The van der Waals surface area contributed by atoms with Crippen molar-refractivity contribution in [3.05, 3.63) is 16.4 Å². The van der Waals surface area contributed by atoms with E-state index in [0.717, 1.165) is 18.5 Å². The lowest BCUT2D eigenvalue weighted by atomic mass is 10.1. The van der Waals surface area contributed by atoms with Gasteiger partial charge in [-0.05, 0) is 11.8 Å². The van der Waals surface area contributed by atoms with Crippen LogP contribution in [0, 0.1) is 5.92 Å². The maximum Gasteiger partial charge on any atom is 0.155 e. The maximum absolute atomic E-state index is 10.9. The third kappa shape index (κ3) is 2.59. The van der Waals surface area contributed by atoms with E-state index >= 15 is 0 Å². The molecule has 0 aliphatic rings. The molecule has 0 atom stereocenters. The average molecular weight is 229 g/mol. The van der Waals surface area contributed by atoms with Gasteiger partial charge in [-0.25, -0.2) is 0 Å². The summed E-state index contributed by atoms with van der Waals surface area (Å²) in [7, 11) is 0. The Labute approximate surface area is 95.4 Å². The van der Waals surface area contributed by atoms with Gasteiger partial charge in [-0.3, -0.25) is 9.48 Å². The number of halogens is 1. The summed E-state index contributed by atoms with van der Waals surface area (Å²) in [6, 6.07) is 0. The van der Waals surface area contributed by atoms with Crippen molar-refractivity contribution in [2.24, 2.45) is 5.92 Å². The molecule has 0 N–H and O–H groups in total. The van der Waals surface area contributed by atoms with E-state index in [1.165, 1.54) is 0 Å². The largest absolute Gasteiger partial charge is 0.298 e. The second kappa shape index (κ2) is 4.79. The fourth-order valence-electron chi connectivity index (χ4n) is 1.47. The fraction of sp³-hybridized carbons (Fsp3) is 0.636. The van der Waals surface area contributed by atoms with Crippen LogP contribution in [0.15, 0.2) is 0 Å². The molecule has 1 rings (SSSR count). The summed E-state index contributed by atoms with van der Waals surface area (Å²) in [5.41, 5.74) is 1.32. The molecular weight excluding hydrogens is 212 g/mol. The molecular formula is C11H17ClN2O. The highest BCUT2D eigenvalue weighted by Crippen LogP contribution is 2.24. The van der Waals surface area contributed by atoms with E-state index < -0.39 is 0 Å². The third-order valence-electron chi connectivity index (χ3n) is 2.16. The molecule has 1 aromatic heterocycles. The minimum absolute atomic E-state index is 0.219. The molecule has 0 saturated heterocycles. The Balaban J connectivity index is 3.15. The van der Waals surface area contributed by atoms with Crippen molar-refractivity contribution >= 4 is 17.9 Å². The number of carbonyl (C=O) groups excluding carboxylic acids is 1. The van der Waals surface area contributed by atoms with Crippen molar-refractivity contribution in [2.75, 3.05) is 0 Å². The number of aldehydes is 1. The molecule has 0 bridgehead atoms. The van der Waals surface area contributed by atoms with Crippen molar-refractivity contribution in [1.29, 1.82) is 0 Å². The van der Waals surface area contributed by atoms with E-state index in [9.17, 15) is 4.79 Å². The Kier molecular flexibility index (Phi) is 3.91.